The Morgan fingerprint density at radius 3 is 2.57 bits per heavy atom. The maximum Gasteiger partial charge on any atom is 0.253 e. The molecule has 1 aliphatic heterocycles. The third-order valence-corrected chi connectivity index (χ3v) is 7.57. The Labute approximate surface area is 168 Å². The summed E-state index contributed by atoms with van der Waals surface area (Å²) in [6.07, 6.45) is 6.13. The fraction of sp³-hybridized carbons (Fsp3) is 0.667. The zero-order valence-electron chi connectivity index (χ0n) is 17.1. The fourth-order valence-electron chi connectivity index (χ4n) is 4.33. The molecule has 0 spiro atoms. The Balaban J connectivity index is 1.86. The van der Waals surface area contributed by atoms with Crippen molar-refractivity contribution in [3.63, 3.8) is 0 Å². The monoisotopic (exact) mass is 408 g/mol. The number of carbonyl (C=O) groups is 1. The van der Waals surface area contributed by atoms with Crippen LogP contribution < -0.4 is 9.46 Å². The van der Waals surface area contributed by atoms with Gasteiger partial charge < -0.3 is 9.64 Å². The topological polar surface area (TPSA) is 75.7 Å². The molecule has 3 atom stereocenters. The third kappa shape index (κ3) is 4.69. The molecular formula is C21H32N2O4S. The highest BCUT2D eigenvalue weighted by molar-refractivity contribution is 7.89. The molecule has 2 aliphatic rings. The molecule has 1 amide bonds. The number of rotatable bonds is 5. The first kappa shape index (κ1) is 21.1. The van der Waals surface area contributed by atoms with Gasteiger partial charge >= 0.3 is 0 Å². The minimum absolute atomic E-state index is 0.0451. The van der Waals surface area contributed by atoms with Crippen molar-refractivity contribution in [2.75, 3.05) is 20.2 Å². The molecule has 1 saturated carbocycles. The van der Waals surface area contributed by atoms with E-state index >= 15 is 0 Å². The summed E-state index contributed by atoms with van der Waals surface area (Å²) in [6, 6.07) is 4.63. The van der Waals surface area contributed by atoms with Crippen LogP contribution in [0.5, 0.6) is 5.75 Å². The SMILES string of the molecule is COc1ccc(C(=O)N2CCCC(C)C2)cc1S(=O)(=O)NC1CCCCC1C. The number of methoxy groups -OCH3 is 1. The highest BCUT2D eigenvalue weighted by Crippen LogP contribution is 2.29. The minimum atomic E-state index is -3.78. The molecule has 7 heteroatoms. The summed E-state index contributed by atoms with van der Waals surface area (Å²) in [7, 11) is -2.33. The van der Waals surface area contributed by atoms with Gasteiger partial charge in [0.2, 0.25) is 10.0 Å². The van der Waals surface area contributed by atoms with Gasteiger partial charge in [-0.25, -0.2) is 13.1 Å². The Morgan fingerprint density at radius 1 is 1.14 bits per heavy atom. The molecule has 1 saturated heterocycles. The number of carbonyl (C=O) groups excluding carboxylic acids is 1. The summed E-state index contributed by atoms with van der Waals surface area (Å²) in [4.78, 5) is 14.8. The second-order valence-electron chi connectivity index (χ2n) is 8.35. The van der Waals surface area contributed by atoms with Crippen molar-refractivity contribution >= 4 is 15.9 Å². The predicted octanol–water partition coefficient (Wildman–Crippen LogP) is 3.42. The van der Waals surface area contributed by atoms with E-state index in [1.807, 2.05) is 4.90 Å². The first-order chi connectivity index (χ1) is 13.3. The van der Waals surface area contributed by atoms with Crippen molar-refractivity contribution < 1.29 is 17.9 Å². The number of hydrogen-bond acceptors (Lipinski definition) is 4. The van der Waals surface area contributed by atoms with E-state index in [9.17, 15) is 13.2 Å². The van der Waals surface area contributed by atoms with Crippen molar-refractivity contribution in [3.05, 3.63) is 23.8 Å². The molecule has 1 N–H and O–H groups in total. The number of sulfonamides is 1. The van der Waals surface area contributed by atoms with E-state index in [2.05, 4.69) is 18.6 Å². The smallest absolute Gasteiger partial charge is 0.253 e. The van der Waals surface area contributed by atoms with Crippen molar-refractivity contribution in [1.29, 1.82) is 0 Å². The number of hydrogen-bond donors (Lipinski definition) is 1. The van der Waals surface area contributed by atoms with E-state index < -0.39 is 10.0 Å². The summed E-state index contributed by atoms with van der Waals surface area (Å²) in [5.74, 6) is 0.916. The Morgan fingerprint density at radius 2 is 1.89 bits per heavy atom. The first-order valence-corrected chi connectivity index (χ1v) is 11.8. The van der Waals surface area contributed by atoms with E-state index in [-0.39, 0.29) is 22.6 Å². The van der Waals surface area contributed by atoms with Crippen molar-refractivity contribution in [2.24, 2.45) is 11.8 Å². The molecule has 0 radical (unpaired) electrons. The van der Waals surface area contributed by atoms with Gasteiger partial charge in [-0.1, -0.05) is 26.7 Å². The zero-order valence-corrected chi connectivity index (χ0v) is 17.9. The average molecular weight is 409 g/mol. The summed E-state index contributed by atoms with van der Waals surface area (Å²) in [6.45, 7) is 5.65. The van der Waals surface area contributed by atoms with Gasteiger partial charge in [-0.3, -0.25) is 4.79 Å². The highest BCUT2D eigenvalue weighted by atomic mass is 32.2. The van der Waals surface area contributed by atoms with Gasteiger partial charge in [-0.2, -0.15) is 0 Å². The van der Waals surface area contributed by atoms with Crippen LogP contribution in [0.4, 0.5) is 0 Å². The van der Waals surface area contributed by atoms with Crippen molar-refractivity contribution in [1.82, 2.24) is 9.62 Å². The highest BCUT2D eigenvalue weighted by Gasteiger charge is 2.30. The van der Waals surface area contributed by atoms with E-state index in [1.165, 1.54) is 13.2 Å². The Hall–Kier alpha value is -1.60. The predicted molar refractivity (Wildman–Crippen MR) is 109 cm³/mol. The number of nitrogens with one attached hydrogen (secondary N) is 1. The van der Waals surface area contributed by atoms with E-state index in [0.717, 1.165) is 45.1 Å². The summed E-state index contributed by atoms with van der Waals surface area (Å²) in [5, 5.41) is 0. The molecule has 0 aromatic heterocycles. The van der Waals surface area contributed by atoms with Crippen LogP contribution in [-0.2, 0) is 10.0 Å². The fourth-order valence-corrected chi connectivity index (χ4v) is 5.90. The van der Waals surface area contributed by atoms with E-state index in [0.29, 0.717) is 23.9 Å². The standard InChI is InChI=1S/C21H32N2O4S/c1-15-7-6-12-23(14-15)21(24)17-10-11-19(27-3)20(13-17)28(25,26)22-18-9-5-4-8-16(18)2/h10-11,13,15-16,18,22H,4-9,12,14H2,1-3H3. The van der Waals surface area contributed by atoms with Gasteiger partial charge in [-0.15, -0.1) is 0 Å². The lowest BCUT2D eigenvalue weighted by atomic mass is 9.87. The minimum Gasteiger partial charge on any atom is -0.495 e. The number of benzene rings is 1. The van der Waals surface area contributed by atoms with Crippen LogP contribution in [0.2, 0.25) is 0 Å². The number of amides is 1. The number of likely N-dealkylation sites (tertiary alicyclic amines) is 1. The molecule has 2 fully saturated rings. The molecule has 3 rings (SSSR count). The molecule has 156 valence electrons. The maximum atomic E-state index is 13.1. The second kappa shape index (κ2) is 8.82. The Kier molecular flexibility index (Phi) is 6.65. The lowest BCUT2D eigenvalue weighted by Gasteiger charge is -2.31. The molecule has 1 heterocycles. The molecule has 6 nitrogen and oxygen atoms in total. The quantitative estimate of drug-likeness (QED) is 0.810. The van der Waals surface area contributed by atoms with Gasteiger partial charge in [0, 0.05) is 24.7 Å². The number of nitrogens with zero attached hydrogens (tertiary/aromatic N) is 1. The third-order valence-electron chi connectivity index (χ3n) is 6.06. The lowest BCUT2D eigenvalue weighted by molar-refractivity contribution is 0.0682. The van der Waals surface area contributed by atoms with Crippen molar-refractivity contribution in [2.45, 2.75) is 63.3 Å². The van der Waals surface area contributed by atoms with Gasteiger partial charge in [-0.05, 0) is 55.7 Å². The molecule has 1 aromatic rings. The molecule has 28 heavy (non-hydrogen) atoms. The van der Waals surface area contributed by atoms with Crippen LogP contribution in [0.15, 0.2) is 23.1 Å². The molecule has 1 aliphatic carbocycles. The normalized spacial score (nSPS) is 26.1. The molecule has 1 aromatic carbocycles. The Bertz CT molecular complexity index is 809. The van der Waals surface area contributed by atoms with E-state index in [1.54, 1.807) is 12.1 Å². The van der Waals surface area contributed by atoms with Crippen LogP contribution in [0.25, 0.3) is 0 Å². The van der Waals surface area contributed by atoms with Gasteiger partial charge in [0.25, 0.3) is 5.91 Å². The van der Waals surface area contributed by atoms with Gasteiger partial charge in [0.15, 0.2) is 0 Å². The average Bonchev–Trinajstić information content (AvgIpc) is 2.68. The van der Waals surface area contributed by atoms with Gasteiger partial charge in [0.05, 0.1) is 7.11 Å². The second-order valence-corrected chi connectivity index (χ2v) is 10.0. The van der Waals surface area contributed by atoms with Crippen LogP contribution in [0.1, 0.15) is 62.7 Å². The van der Waals surface area contributed by atoms with Gasteiger partial charge in [0.1, 0.15) is 10.6 Å². The summed E-state index contributed by atoms with van der Waals surface area (Å²) < 4.78 is 34.4. The van der Waals surface area contributed by atoms with Crippen LogP contribution >= 0.6 is 0 Å². The molecular weight excluding hydrogens is 376 g/mol. The maximum absolute atomic E-state index is 13.1. The van der Waals surface area contributed by atoms with Crippen LogP contribution in [0, 0.1) is 11.8 Å². The lowest BCUT2D eigenvalue weighted by Crippen LogP contribution is -2.41. The largest absolute Gasteiger partial charge is 0.495 e. The van der Waals surface area contributed by atoms with Crippen molar-refractivity contribution in [3.8, 4) is 5.75 Å². The molecule has 3 unspecified atom stereocenters. The summed E-state index contributed by atoms with van der Waals surface area (Å²) in [5.41, 5.74) is 0.395. The number of ether oxygens (including phenoxy) is 1. The molecule has 0 bridgehead atoms. The summed E-state index contributed by atoms with van der Waals surface area (Å²) >= 11 is 0. The van der Waals surface area contributed by atoms with Crippen LogP contribution in [-0.4, -0.2) is 45.5 Å². The number of piperidine rings is 1. The van der Waals surface area contributed by atoms with E-state index in [4.69, 9.17) is 4.74 Å². The van der Waals surface area contributed by atoms with Crippen LogP contribution in [0.3, 0.4) is 0 Å². The first-order valence-electron chi connectivity index (χ1n) is 10.3. The zero-order chi connectivity index (χ0) is 20.3.